The monoisotopic (exact) mass is 182 g/mol. The third-order valence-corrected chi connectivity index (χ3v) is 1.66. The standard InChI is InChI=1S/C8H7ClN2O/c9-7-1-5(3-10)8(12)6(2-7)4-11/h1-4,10-12H. The molecule has 0 aliphatic carbocycles. The highest BCUT2D eigenvalue weighted by atomic mass is 35.5. The Morgan fingerprint density at radius 3 is 1.92 bits per heavy atom. The minimum Gasteiger partial charge on any atom is -0.507 e. The van der Waals surface area contributed by atoms with E-state index in [1.165, 1.54) is 12.1 Å². The summed E-state index contributed by atoms with van der Waals surface area (Å²) in [4.78, 5) is 0. The van der Waals surface area contributed by atoms with E-state index in [0.29, 0.717) is 16.1 Å². The van der Waals surface area contributed by atoms with Gasteiger partial charge in [-0.15, -0.1) is 0 Å². The molecule has 62 valence electrons. The maximum Gasteiger partial charge on any atom is 0.133 e. The topological polar surface area (TPSA) is 67.9 Å². The highest BCUT2D eigenvalue weighted by Gasteiger charge is 2.04. The van der Waals surface area contributed by atoms with Crippen LogP contribution in [0.5, 0.6) is 5.75 Å². The largest absolute Gasteiger partial charge is 0.507 e. The van der Waals surface area contributed by atoms with Gasteiger partial charge in [-0.2, -0.15) is 0 Å². The molecular weight excluding hydrogens is 176 g/mol. The van der Waals surface area contributed by atoms with Crippen LogP contribution in [0.2, 0.25) is 5.02 Å². The number of hydrogen-bond donors (Lipinski definition) is 3. The zero-order valence-electron chi connectivity index (χ0n) is 6.13. The van der Waals surface area contributed by atoms with Crippen LogP contribution in [0.1, 0.15) is 11.1 Å². The lowest BCUT2D eigenvalue weighted by Crippen LogP contribution is -1.88. The van der Waals surface area contributed by atoms with Gasteiger partial charge in [0, 0.05) is 28.6 Å². The number of hydrogen-bond acceptors (Lipinski definition) is 3. The molecule has 0 fully saturated rings. The fraction of sp³-hybridized carbons (Fsp3) is 0. The first-order chi connectivity index (χ1) is 5.69. The molecule has 0 spiro atoms. The van der Waals surface area contributed by atoms with Crippen molar-refractivity contribution in [2.75, 3.05) is 0 Å². The second-order valence-corrected chi connectivity index (χ2v) is 2.66. The lowest BCUT2D eigenvalue weighted by molar-refractivity contribution is 0.473. The number of aromatic hydroxyl groups is 1. The molecular formula is C8H7ClN2O. The van der Waals surface area contributed by atoms with Crippen LogP contribution in [-0.4, -0.2) is 17.5 Å². The zero-order valence-corrected chi connectivity index (χ0v) is 6.89. The van der Waals surface area contributed by atoms with E-state index in [-0.39, 0.29) is 5.75 Å². The second kappa shape index (κ2) is 3.36. The van der Waals surface area contributed by atoms with Crippen LogP contribution in [0.25, 0.3) is 0 Å². The summed E-state index contributed by atoms with van der Waals surface area (Å²) in [6.45, 7) is 0. The predicted molar refractivity (Wildman–Crippen MR) is 48.9 cm³/mol. The molecule has 0 aliphatic rings. The highest BCUT2D eigenvalue weighted by molar-refractivity contribution is 6.31. The molecule has 0 bridgehead atoms. The lowest BCUT2D eigenvalue weighted by atomic mass is 10.1. The molecule has 12 heavy (non-hydrogen) atoms. The molecule has 0 radical (unpaired) electrons. The molecule has 0 atom stereocenters. The van der Waals surface area contributed by atoms with E-state index in [0.717, 1.165) is 12.4 Å². The number of phenolic OH excluding ortho intramolecular Hbond substituents is 1. The molecule has 1 aromatic rings. The van der Waals surface area contributed by atoms with Crippen molar-refractivity contribution >= 4 is 24.0 Å². The van der Waals surface area contributed by atoms with Gasteiger partial charge in [-0.1, -0.05) is 11.6 Å². The van der Waals surface area contributed by atoms with Crippen LogP contribution in [0, 0.1) is 10.8 Å². The Labute approximate surface area is 74.6 Å². The number of phenols is 1. The van der Waals surface area contributed by atoms with E-state index in [1.54, 1.807) is 0 Å². The Hall–Kier alpha value is -1.35. The van der Waals surface area contributed by atoms with Gasteiger partial charge in [0.2, 0.25) is 0 Å². The smallest absolute Gasteiger partial charge is 0.133 e. The molecule has 0 amide bonds. The second-order valence-electron chi connectivity index (χ2n) is 2.22. The van der Waals surface area contributed by atoms with Crippen molar-refractivity contribution < 1.29 is 5.11 Å². The molecule has 0 aromatic heterocycles. The molecule has 0 unspecified atom stereocenters. The molecule has 1 aromatic carbocycles. The third kappa shape index (κ3) is 1.46. The van der Waals surface area contributed by atoms with Crippen LogP contribution in [-0.2, 0) is 0 Å². The Morgan fingerprint density at radius 1 is 1.17 bits per heavy atom. The first-order valence-electron chi connectivity index (χ1n) is 3.22. The average molecular weight is 183 g/mol. The van der Waals surface area contributed by atoms with E-state index in [9.17, 15) is 5.11 Å². The van der Waals surface area contributed by atoms with Gasteiger partial charge in [0.05, 0.1) is 0 Å². The SMILES string of the molecule is N=Cc1cc(Cl)cc(C=N)c1O. The van der Waals surface area contributed by atoms with Crippen LogP contribution < -0.4 is 0 Å². The number of nitrogens with one attached hydrogen (secondary N) is 2. The molecule has 3 N–H and O–H groups in total. The van der Waals surface area contributed by atoms with Crippen molar-refractivity contribution in [1.29, 1.82) is 10.8 Å². The first-order valence-corrected chi connectivity index (χ1v) is 3.60. The normalized spacial score (nSPS) is 9.42. The Kier molecular flexibility index (Phi) is 2.45. The third-order valence-electron chi connectivity index (χ3n) is 1.44. The average Bonchev–Trinajstić information content (AvgIpc) is 2.08. The van der Waals surface area contributed by atoms with E-state index in [2.05, 4.69) is 0 Å². The van der Waals surface area contributed by atoms with Gasteiger partial charge >= 0.3 is 0 Å². The highest BCUT2D eigenvalue weighted by Crippen LogP contribution is 2.24. The van der Waals surface area contributed by atoms with Gasteiger partial charge in [0.25, 0.3) is 0 Å². The van der Waals surface area contributed by atoms with Gasteiger partial charge in [0.1, 0.15) is 5.75 Å². The molecule has 0 saturated heterocycles. The summed E-state index contributed by atoms with van der Waals surface area (Å²) in [6, 6.07) is 2.94. The van der Waals surface area contributed by atoms with Crippen LogP contribution in [0.15, 0.2) is 12.1 Å². The van der Waals surface area contributed by atoms with Crippen molar-refractivity contribution in [1.82, 2.24) is 0 Å². The van der Waals surface area contributed by atoms with Crippen molar-refractivity contribution in [3.05, 3.63) is 28.3 Å². The van der Waals surface area contributed by atoms with Crippen molar-refractivity contribution in [3.8, 4) is 5.75 Å². The fourth-order valence-corrected chi connectivity index (χ4v) is 1.10. The summed E-state index contributed by atoms with van der Waals surface area (Å²) in [5.41, 5.74) is 0.641. The Morgan fingerprint density at radius 2 is 1.58 bits per heavy atom. The van der Waals surface area contributed by atoms with Gasteiger partial charge in [0.15, 0.2) is 0 Å². The Balaban J connectivity index is 3.41. The summed E-state index contributed by atoms with van der Waals surface area (Å²) >= 11 is 5.66. The van der Waals surface area contributed by atoms with Crippen LogP contribution in [0.3, 0.4) is 0 Å². The van der Waals surface area contributed by atoms with Gasteiger partial charge in [-0.25, -0.2) is 0 Å². The van der Waals surface area contributed by atoms with E-state index in [1.807, 2.05) is 0 Å². The quantitative estimate of drug-likeness (QED) is 0.602. The maximum absolute atomic E-state index is 9.35. The van der Waals surface area contributed by atoms with Crippen LogP contribution in [0.4, 0.5) is 0 Å². The van der Waals surface area contributed by atoms with Crippen molar-refractivity contribution in [2.45, 2.75) is 0 Å². The van der Waals surface area contributed by atoms with Crippen LogP contribution >= 0.6 is 11.6 Å². The first kappa shape index (κ1) is 8.74. The molecule has 3 nitrogen and oxygen atoms in total. The minimum atomic E-state index is -0.0793. The number of rotatable bonds is 2. The van der Waals surface area contributed by atoms with E-state index >= 15 is 0 Å². The van der Waals surface area contributed by atoms with Gasteiger partial charge in [-0.05, 0) is 12.1 Å². The molecule has 0 aliphatic heterocycles. The molecule has 4 heteroatoms. The molecule has 1 rings (SSSR count). The number of benzene rings is 1. The maximum atomic E-state index is 9.35. The summed E-state index contributed by atoms with van der Waals surface area (Å²) in [5.74, 6) is -0.0793. The summed E-state index contributed by atoms with van der Waals surface area (Å²) in [5, 5.41) is 23.6. The van der Waals surface area contributed by atoms with Gasteiger partial charge < -0.3 is 15.9 Å². The Bertz CT molecular complexity index is 307. The predicted octanol–water partition coefficient (Wildman–Crippen LogP) is 2.04. The zero-order chi connectivity index (χ0) is 9.14. The summed E-state index contributed by atoms with van der Waals surface area (Å²) < 4.78 is 0. The number of halogens is 1. The molecule has 0 heterocycles. The summed E-state index contributed by atoms with van der Waals surface area (Å²) in [6.07, 6.45) is 1.99. The van der Waals surface area contributed by atoms with Gasteiger partial charge in [-0.3, -0.25) is 0 Å². The minimum absolute atomic E-state index is 0.0793. The fourth-order valence-electron chi connectivity index (χ4n) is 0.862. The van der Waals surface area contributed by atoms with Crippen molar-refractivity contribution in [2.24, 2.45) is 0 Å². The van der Waals surface area contributed by atoms with E-state index in [4.69, 9.17) is 22.4 Å². The molecule has 0 saturated carbocycles. The summed E-state index contributed by atoms with van der Waals surface area (Å²) in [7, 11) is 0. The van der Waals surface area contributed by atoms with E-state index < -0.39 is 0 Å². The van der Waals surface area contributed by atoms with Crippen molar-refractivity contribution in [3.63, 3.8) is 0 Å². The lowest BCUT2D eigenvalue weighted by Gasteiger charge is -2.02.